The van der Waals surface area contributed by atoms with Gasteiger partial charge in [-0.1, -0.05) is 19.8 Å². The summed E-state index contributed by atoms with van der Waals surface area (Å²) in [6, 6.07) is 0. The summed E-state index contributed by atoms with van der Waals surface area (Å²) in [7, 11) is 0. The van der Waals surface area contributed by atoms with Gasteiger partial charge in [-0.3, -0.25) is 4.79 Å². The Morgan fingerprint density at radius 1 is 1.32 bits per heavy atom. The van der Waals surface area contributed by atoms with Gasteiger partial charge in [0.25, 0.3) is 0 Å². The molecule has 0 saturated heterocycles. The number of amides is 1. The summed E-state index contributed by atoms with van der Waals surface area (Å²) >= 11 is 3.36. The highest BCUT2D eigenvalue weighted by Crippen LogP contribution is 2.28. The van der Waals surface area contributed by atoms with Gasteiger partial charge in [0.2, 0.25) is 5.91 Å². The van der Waals surface area contributed by atoms with E-state index in [1.54, 1.807) is 23.1 Å². The number of anilines is 1. The van der Waals surface area contributed by atoms with E-state index in [0.29, 0.717) is 5.75 Å². The average molecular weight is 298 g/mol. The molecule has 0 radical (unpaired) electrons. The predicted molar refractivity (Wildman–Crippen MR) is 84.2 cm³/mol. The fourth-order valence-corrected chi connectivity index (χ4v) is 3.98. The molecule has 2 rings (SSSR count). The number of rotatable bonds is 5. The van der Waals surface area contributed by atoms with Crippen LogP contribution in [0.25, 0.3) is 0 Å². The molecule has 1 aliphatic carbocycles. The molecule has 0 aromatic carbocycles. The summed E-state index contributed by atoms with van der Waals surface area (Å²) in [5.74, 6) is 1.67. The fraction of sp³-hybridized carbons (Fsp3) is 0.714. The topological polar surface area (TPSA) is 42.0 Å². The zero-order valence-electron chi connectivity index (χ0n) is 11.5. The van der Waals surface area contributed by atoms with Crippen LogP contribution in [0.1, 0.15) is 49.6 Å². The van der Waals surface area contributed by atoms with Gasteiger partial charge in [-0.2, -0.15) is 11.8 Å². The van der Waals surface area contributed by atoms with Crippen LogP contribution in [0.2, 0.25) is 0 Å². The molecule has 0 atom stereocenters. The number of nitrogens with zero attached hydrogens (tertiary/aromatic N) is 1. The number of carbonyl (C=O) groups is 1. The van der Waals surface area contributed by atoms with Gasteiger partial charge < -0.3 is 5.32 Å². The van der Waals surface area contributed by atoms with Crippen molar-refractivity contribution in [2.24, 2.45) is 0 Å². The van der Waals surface area contributed by atoms with E-state index >= 15 is 0 Å². The van der Waals surface area contributed by atoms with Crippen LogP contribution < -0.4 is 5.32 Å². The van der Waals surface area contributed by atoms with Crippen molar-refractivity contribution in [3.8, 4) is 0 Å². The molecular weight excluding hydrogens is 276 g/mol. The first-order valence-corrected chi connectivity index (χ1v) is 9.13. The Kier molecular flexibility index (Phi) is 6.17. The minimum Gasteiger partial charge on any atom is -0.301 e. The molecular formula is C14H22N2OS2. The molecule has 1 N–H and O–H groups in total. The molecule has 5 heteroatoms. The Bertz CT molecular complexity index is 392. The number of fused-ring (bicyclic) bond motifs is 1. The van der Waals surface area contributed by atoms with E-state index in [9.17, 15) is 4.79 Å². The third-order valence-corrected chi connectivity index (χ3v) is 5.41. The molecule has 106 valence electrons. The maximum absolute atomic E-state index is 11.8. The van der Waals surface area contributed by atoms with Gasteiger partial charge >= 0.3 is 0 Å². The molecule has 0 unspecified atom stereocenters. The van der Waals surface area contributed by atoms with Crippen LogP contribution >= 0.6 is 23.1 Å². The van der Waals surface area contributed by atoms with Crippen LogP contribution in [0.15, 0.2) is 0 Å². The third kappa shape index (κ3) is 4.80. The lowest BCUT2D eigenvalue weighted by Gasteiger charge is -2.06. The lowest BCUT2D eigenvalue weighted by Crippen LogP contribution is -2.14. The summed E-state index contributed by atoms with van der Waals surface area (Å²) in [4.78, 5) is 17.8. The first-order chi connectivity index (χ1) is 9.29. The van der Waals surface area contributed by atoms with Gasteiger partial charge in [0.15, 0.2) is 5.13 Å². The Labute approximate surface area is 123 Å². The number of aryl methyl sites for hydroxylation is 2. The highest BCUT2D eigenvalue weighted by atomic mass is 32.2. The molecule has 19 heavy (non-hydrogen) atoms. The molecule has 1 aliphatic rings. The van der Waals surface area contributed by atoms with Crippen LogP contribution in [0.5, 0.6) is 0 Å². The number of nitrogens with one attached hydrogen (secondary N) is 1. The lowest BCUT2D eigenvalue weighted by molar-refractivity contribution is -0.113. The molecule has 1 aromatic rings. The monoisotopic (exact) mass is 298 g/mol. The SMILES string of the molecule is CCCSCC(=O)Nc1nc2c(s1)CCCCCC2. The summed E-state index contributed by atoms with van der Waals surface area (Å²) in [5.41, 5.74) is 1.22. The Hall–Kier alpha value is -0.550. The second-order valence-electron chi connectivity index (χ2n) is 4.90. The first-order valence-electron chi connectivity index (χ1n) is 7.15. The summed E-state index contributed by atoms with van der Waals surface area (Å²) in [5, 5.41) is 3.75. The van der Waals surface area contributed by atoms with Crippen LogP contribution in [0, 0.1) is 0 Å². The van der Waals surface area contributed by atoms with Gasteiger partial charge in [-0.15, -0.1) is 11.3 Å². The number of thioether (sulfide) groups is 1. The molecule has 1 heterocycles. The van der Waals surface area contributed by atoms with Crippen LogP contribution in [0.4, 0.5) is 5.13 Å². The number of hydrogen-bond acceptors (Lipinski definition) is 4. The van der Waals surface area contributed by atoms with E-state index in [2.05, 4.69) is 17.2 Å². The van der Waals surface area contributed by atoms with E-state index in [4.69, 9.17) is 0 Å². The summed E-state index contributed by atoms with van der Waals surface area (Å²) in [6.07, 6.45) is 8.45. The molecule has 1 aromatic heterocycles. The number of thiazole rings is 1. The summed E-state index contributed by atoms with van der Waals surface area (Å²) < 4.78 is 0. The zero-order chi connectivity index (χ0) is 13.5. The molecule has 0 aliphatic heterocycles. The Balaban J connectivity index is 1.90. The lowest BCUT2D eigenvalue weighted by atomic mass is 10.0. The van der Waals surface area contributed by atoms with Crippen molar-refractivity contribution in [2.75, 3.05) is 16.8 Å². The normalized spacial score (nSPS) is 15.4. The maximum Gasteiger partial charge on any atom is 0.236 e. The van der Waals surface area contributed by atoms with Crippen molar-refractivity contribution >= 4 is 34.1 Å². The highest BCUT2D eigenvalue weighted by molar-refractivity contribution is 7.99. The third-order valence-electron chi connectivity index (χ3n) is 3.17. The van der Waals surface area contributed by atoms with Crippen molar-refractivity contribution < 1.29 is 4.79 Å². The van der Waals surface area contributed by atoms with Crippen LogP contribution in [-0.2, 0) is 17.6 Å². The first kappa shape index (κ1) is 14.9. The zero-order valence-corrected chi connectivity index (χ0v) is 13.2. The minimum absolute atomic E-state index is 0.0835. The number of aromatic nitrogens is 1. The second kappa shape index (κ2) is 7.90. The van der Waals surface area contributed by atoms with E-state index in [1.807, 2.05) is 0 Å². The second-order valence-corrected chi connectivity index (χ2v) is 7.09. The van der Waals surface area contributed by atoms with Crippen LogP contribution in [-0.4, -0.2) is 22.4 Å². The minimum atomic E-state index is 0.0835. The van der Waals surface area contributed by atoms with Crippen molar-refractivity contribution in [3.05, 3.63) is 10.6 Å². The van der Waals surface area contributed by atoms with Crippen LogP contribution in [0.3, 0.4) is 0 Å². The van der Waals surface area contributed by atoms with Gasteiger partial charge in [-0.25, -0.2) is 4.98 Å². The summed E-state index contributed by atoms with van der Waals surface area (Å²) in [6.45, 7) is 2.13. The maximum atomic E-state index is 11.8. The van der Waals surface area contributed by atoms with Crippen molar-refractivity contribution in [2.45, 2.75) is 51.9 Å². The fourth-order valence-electron chi connectivity index (χ4n) is 2.22. The smallest absolute Gasteiger partial charge is 0.236 e. The van der Waals surface area contributed by atoms with Crippen molar-refractivity contribution in [1.29, 1.82) is 0 Å². The van der Waals surface area contributed by atoms with E-state index < -0.39 is 0 Å². The largest absolute Gasteiger partial charge is 0.301 e. The van der Waals surface area contributed by atoms with E-state index in [-0.39, 0.29) is 5.91 Å². The van der Waals surface area contributed by atoms with Gasteiger partial charge in [-0.05, 0) is 37.9 Å². The molecule has 0 bridgehead atoms. The van der Waals surface area contributed by atoms with Gasteiger partial charge in [0, 0.05) is 4.88 Å². The van der Waals surface area contributed by atoms with Crippen molar-refractivity contribution in [1.82, 2.24) is 4.98 Å². The van der Waals surface area contributed by atoms with Crippen molar-refractivity contribution in [3.63, 3.8) is 0 Å². The van der Waals surface area contributed by atoms with E-state index in [1.165, 1.54) is 36.3 Å². The molecule has 3 nitrogen and oxygen atoms in total. The Morgan fingerprint density at radius 3 is 2.89 bits per heavy atom. The molecule has 0 fully saturated rings. The van der Waals surface area contributed by atoms with Gasteiger partial charge in [0.1, 0.15) is 0 Å². The standard InChI is InChI=1S/C14H22N2OS2/c1-2-9-18-10-13(17)16-14-15-11-7-5-3-4-6-8-12(11)19-14/h2-10H2,1H3,(H,15,16,17). The number of hydrogen-bond donors (Lipinski definition) is 1. The molecule has 1 amide bonds. The number of carbonyl (C=O) groups excluding carboxylic acids is 1. The van der Waals surface area contributed by atoms with Gasteiger partial charge in [0.05, 0.1) is 11.4 Å². The highest BCUT2D eigenvalue weighted by Gasteiger charge is 2.14. The quantitative estimate of drug-likeness (QED) is 0.839. The molecule has 0 saturated carbocycles. The average Bonchev–Trinajstić information content (AvgIpc) is 2.71. The molecule has 0 spiro atoms. The predicted octanol–water partition coefficient (Wildman–Crippen LogP) is 3.88. The Morgan fingerprint density at radius 2 is 2.11 bits per heavy atom. The van der Waals surface area contributed by atoms with E-state index in [0.717, 1.165) is 30.1 Å².